The van der Waals surface area contributed by atoms with E-state index in [1.807, 2.05) is 0 Å². The molecular weight excluding hydrogens is 272 g/mol. The van der Waals surface area contributed by atoms with Crippen LogP contribution in [0, 0.1) is 20.2 Å². The van der Waals surface area contributed by atoms with E-state index in [0.29, 0.717) is 6.29 Å². The quantitative estimate of drug-likeness (QED) is 0.347. The minimum Gasteiger partial charge on any atom is -0.448 e. The summed E-state index contributed by atoms with van der Waals surface area (Å²) in [7, 11) is 0. The molecule has 0 saturated heterocycles. The predicted octanol–water partition coefficient (Wildman–Crippen LogP) is 1.64. The first-order valence-electron chi connectivity index (χ1n) is 5.30. The first-order chi connectivity index (χ1) is 9.16. The first-order valence-corrected chi connectivity index (χ1v) is 5.30. The van der Waals surface area contributed by atoms with Crippen LogP contribution in [0.3, 0.4) is 0 Å². The van der Waals surface area contributed by atoms with Crippen LogP contribution in [0.4, 0.5) is 11.4 Å². The van der Waals surface area contributed by atoms with Gasteiger partial charge < -0.3 is 4.74 Å². The van der Waals surface area contributed by atoms with Crippen molar-refractivity contribution in [3.05, 3.63) is 44.0 Å². The smallest absolute Gasteiger partial charge is 0.339 e. The Labute approximate surface area is 112 Å². The molecule has 1 aromatic carbocycles. The maximum Gasteiger partial charge on any atom is 0.339 e. The molecule has 20 heavy (non-hydrogen) atoms. The second kappa shape index (κ2) is 5.43. The molecule has 1 rings (SSSR count). The van der Waals surface area contributed by atoms with Crippen molar-refractivity contribution < 1.29 is 24.2 Å². The standard InChI is InChI=1S/C11H10N2O7/c1-11(2,6-14)20-10(15)7-3-8(12(16)17)5-9(4-7)13(18)19/h3-6H,1-2H3. The molecule has 1 aromatic rings. The van der Waals surface area contributed by atoms with Crippen molar-refractivity contribution in [2.24, 2.45) is 0 Å². The van der Waals surface area contributed by atoms with E-state index in [1.54, 1.807) is 0 Å². The molecule has 0 heterocycles. The fourth-order valence-corrected chi connectivity index (χ4v) is 1.25. The number of hydrogen-bond donors (Lipinski definition) is 0. The van der Waals surface area contributed by atoms with Crippen molar-refractivity contribution in [2.75, 3.05) is 0 Å². The van der Waals surface area contributed by atoms with Gasteiger partial charge in [0.25, 0.3) is 11.4 Å². The zero-order valence-corrected chi connectivity index (χ0v) is 10.6. The fourth-order valence-electron chi connectivity index (χ4n) is 1.25. The Morgan fingerprint density at radius 2 is 1.60 bits per heavy atom. The third-order valence-electron chi connectivity index (χ3n) is 2.20. The minimum atomic E-state index is -1.43. The molecule has 0 aliphatic carbocycles. The molecule has 0 aliphatic heterocycles. The second-order valence-corrected chi connectivity index (χ2v) is 4.36. The van der Waals surface area contributed by atoms with Crippen LogP contribution in [-0.2, 0) is 9.53 Å². The highest BCUT2D eigenvalue weighted by atomic mass is 16.6. The number of carbonyl (C=O) groups excluding carboxylic acids is 2. The number of aldehydes is 1. The van der Waals surface area contributed by atoms with E-state index >= 15 is 0 Å². The molecule has 0 spiro atoms. The molecule has 0 fully saturated rings. The monoisotopic (exact) mass is 282 g/mol. The summed E-state index contributed by atoms with van der Waals surface area (Å²) in [5.74, 6) is -1.06. The zero-order chi connectivity index (χ0) is 15.5. The summed E-state index contributed by atoms with van der Waals surface area (Å²) in [6.45, 7) is 2.62. The number of nitrogens with zero attached hydrogens (tertiary/aromatic N) is 2. The van der Waals surface area contributed by atoms with Crippen molar-refractivity contribution in [1.82, 2.24) is 0 Å². The lowest BCUT2D eigenvalue weighted by atomic mass is 10.1. The summed E-state index contributed by atoms with van der Waals surface area (Å²) in [6.07, 6.45) is 0.372. The molecule has 0 amide bonds. The van der Waals surface area contributed by atoms with Crippen molar-refractivity contribution >= 4 is 23.6 Å². The van der Waals surface area contributed by atoms with E-state index in [-0.39, 0.29) is 5.56 Å². The second-order valence-electron chi connectivity index (χ2n) is 4.36. The number of rotatable bonds is 5. The zero-order valence-electron chi connectivity index (χ0n) is 10.6. The van der Waals surface area contributed by atoms with E-state index in [9.17, 15) is 29.8 Å². The third-order valence-corrected chi connectivity index (χ3v) is 2.20. The highest BCUT2D eigenvalue weighted by Gasteiger charge is 2.26. The lowest BCUT2D eigenvalue weighted by Gasteiger charge is -2.17. The molecule has 0 atom stereocenters. The number of non-ortho nitro benzene ring substituents is 2. The van der Waals surface area contributed by atoms with Crippen LogP contribution in [0.1, 0.15) is 24.2 Å². The van der Waals surface area contributed by atoms with E-state index in [1.165, 1.54) is 13.8 Å². The number of hydrogen-bond acceptors (Lipinski definition) is 7. The number of nitro benzene ring substituents is 2. The maximum atomic E-state index is 11.7. The lowest BCUT2D eigenvalue weighted by molar-refractivity contribution is -0.394. The maximum absolute atomic E-state index is 11.7. The Bertz CT molecular complexity index is 562. The summed E-state index contributed by atoms with van der Waals surface area (Å²) in [6, 6.07) is 2.41. The van der Waals surface area contributed by atoms with Crippen LogP contribution < -0.4 is 0 Å². The molecule has 9 nitrogen and oxygen atoms in total. The number of benzene rings is 1. The van der Waals surface area contributed by atoms with Gasteiger partial charge in [0.1, 0.15) is 0 Å². The van der Waals surface area contributed by atoms with Crippen molar-refractivity contribution in [3.63, 3.8) is 0 Å². The summed E-state index contributed by atoms with van der Waals surface area (Å²) in [4.78, 5) is 42.0. The number of ether oxygens (including phenoxy) is 1. The van der Waals surface area contributed by atoms with Gasteiger partial charge in [-0.1, -0.05) is 0 Å². The topological polar surface area (TPSA) is 130 Å². The molecule has 0 unspecified atom stereocenters. The molecule has 106 valence electrons. The van der Waals surface area contributed by atoms with Crippen molar-refractivity contribution in [3.8, 4) is 0 Å². The normalized spacial score (nSPS) is 10.7. The summed E-state index contributed by atoms with van der Waals surface area (Å²) in [5, 5.41) is 21.3. The predicted molar refractivity (Wildman–Crippen MR) is 65.3 cm³/mol. The first kappa shape index (κ1) is 15.2. The van der Waals surface area contributed by atoms with Gasteiger partial charge >= 0.3 is 5.97 Å². The van der Waals surface area contributed by atoms with Gasteiger partial charge in [0.2, 0.25) is 0 Å². The summed E-state index contributed by atoms with van der Waals surface area (Å²) >= 11 is 0. The number of carbonyl (C=O) groups is 2. The molecule has 9 heteroatoms. The Hall–Kier alpha value is -2.84. The van der Waals surface area contributed by atoms with Gasteiger partial charge in [-0.15, -0.1) is 0 Å². The van der Waals surface area contributed by atoms with Crippen LogP contribution in [0.5, 0.6) is 0 Å². The van der Waals surface area contributed by atoms with Crippen LogP contribution in [0.15, 0.2) is 18.2 Å². The number of nitro groups is 2. The van der Waals surface area contributed by atoms with Gasteiger partial charge in [-0.2, -0.15) is 0 Å². The molecule has 0 bridgehead atoms. The van der Waals surface area contributed by atoms with Crippen LogP contribution in [-0.4, -0.2) is 27.7 Å². The Balaban J connectivity index is 3.23. The molecule has 0 aromatic heterocycles. The van der Waals surface area contributed by atoms with Crippen LogP contribution in [0.2, 0.25) is 0 Å². The molecule has 0 saturated carbocycles. The van der Waals surface area contributed by atoms with Crippen LogP contribution in [0.25, 0.3) is 0 Å². The average Bonchev–Trinajstić information content (AvgIpc) is 2.37. The van der Waals surface area contributed by atoms with Gasteiger partial charge in [-0.05, 0) is 13.8 Å². The largest absolute Gasteiger partial charge is 0.448 e. The Morgan fingerprint density at radius 1 is 1.15 bits per heavy atom. The average molecular weight is 282 g/mol. The van der Waals surface area contributed by atoms with Gasteiger partial charge in [0.15, 0.2) is 11.9 Å². The minimum absolute atomic E-state index is 0.372. The summed E-state index contributed by atoms with van der Waals surface area (Å²) in [5.41, 5.74) is -3.04. The molecular formula is C11H10N2O7. The van der Waals surface area contributed by atoms with Crippen molar-refractivity contribution in [2.45, 2.75) is 19.4 Å². The lowest BCUT2D eigenvalue weighted by Crippen LogP contribution is -2.29. The highest BCUT2D eigenvalue weighted by Crippen LogP contribution is 2.24. The van der Waals surface area contributed by atoms with Gasteiger partial charge in [-0.3, -0.25) is 25.0 Å². The van der Waals surface area contributed by atoms with Gasteiger partial charge in [0.05, 0.1) is 21.5 Å². The molecule has 0 radical (unpaired) electrons. The van der Waals surface area contributed by atoms with E-state index in [4.69, 9.17) is 4.74 Å². The third kappa shape index (κ3) is 3.57. The van der Waals surface area contributed by atoms with E-state index in [0.717, 1.165) is 18.2 Å². The Morgan fingerprint density at radius 3 is 1.95 bits per heavy atom. The summed E-state index contributed by atoms with van der Waals surface area (Å²) < 4.78 is 4.79. The van der Waals surface area contributed by atoms with Gasteiger partial charge in [0, 0.05) is 12.1 Å². The van der Waals surface area contributed by atoms with E-state index < -0.39 is 32.8 Å². The Kier molecular flexibility index (Phi) is 4.13. The van der Waals surface area contributed by atoms with Gasteiger partial charge in [-0.25, -0.2) is 4.79 Å². The molecule has 0 N–H and O–H groups in total. The van der Waals surface area contributed by atoms with Crippen LogP contribution >= 0.6 is 0 Å². The van der Waals surface area contributed by atoms with E-state index in [2.05, 4.69) is 0 Å². The van der Waals surface area contributed by atoms with Crippen molar-refractivity contribution in [1.29, 1.82) is 0 Å². The molecule has 0 aliphatic rings. The SMILES string of the molecule is CC(C)(C=O)OC(=O)c1cc([N+](=O)[O-])cc([N+](=O)[O-])c1. The fraction of sp³-hybridized carbons (Fsp3) is 0.273. The highest BCUT2D eigenvalue weighted by molar-refractivity contribution is 5.92. The number of esters is 1.